The van der Waals surface area contributed by atoms with Crippen LogP contribution in [-0.2, 0) is 0 Å². The first-order valence-electron chi connectivity index (χ1n) is 3.99. The summed E-state index contributed by atoms with van der Waals surface area (Å²) in [5.41, 5.74) is -0.0249. The number of aromatic hydroxyl groups is 1. The van der Waals surface area contributed by atoms with Crippen LogP contribution in [0.2, 0.25) is 0 Å². The van der Waals surface area contributed by atoms with Gasteiger partial charge >= 0.3 is 5.97 Å². The highest BCUT2D eigenvalue weighted by Crippen LogP contribution is 2.19. The van der Waals surface area contributed by atoms with Crippen LogP contribution in [0, 0.1) is 0 Å². The fourth-order valence-electron chi connectivity index (χ4n) is 1.25. The summed E-state index contributed by atoms with van der Waals surface area (Å²) in [7, 11) is 0. The van der Waals surface area contributed by atoms with Gasteiger partial charge < -0.3 is 10.2 Å². The Morgan fingerprint density at radius 3 is 2.71 bits per heavy atom. The van der Waals surface area contributed by atoms with Gasteiger partial charge in [0.1, 0.15) is 11.4 Å². The van der Waals surface area contributed by atoms with Gasteiger partial charge in [0.25, 0.3) is 0 Å². The standard InChI is InChI=1S/C10H7NO3/c12-8-2-1-6-5-11-9(10(13)14)4-7(6)3-8/h1-5,12H,(H,13,14). The molecule has 0 radical (unpaired) electrons. The Balaban J connectivity index is 2.69. The molecule has 0 aliphatic rings. The summed E-state index contributed by atoms with van der Waals surface area (Å²) >= 11 is 0. The molecule has 4 nitrogen and oxygen atoms in total. The number of aromatic carboxylic acids is 1. The molecule has 0 aliphatic carbocycles. The lowest BCUT2D eigenvalue weighted by Gasteiger charge is -1.99. The lowest BCUT2D eigenvalue weighted by Crippen LogP contribution is -1.98. The predicted molar refractivity (Wildman–Crippen MR) is 50.4 cm³/mol. The van der Waals surface area contributed by atoms with Crippen molar-refractivity contribution in [2.75, 3.05) is 0 Å². The van der Waals surface area contributed by atoms with E-state index >= 15 is 0 Å². The van der Waals surface area contributed by atoms with E-state index in [9.17, 15) is 9.90 Å². The maximum absolute atomic E-state index is 10.6. The maximum Gasteiger partial charge on any atom is 0.354 e. The second-order valence-corrected chi connectivity index (χ2v) is 2.91. The van der Waals surface area contributed by atoms with Gasteiger partial charge in [-0.1, -0.05) is 0 Å². The van der Waals surface area contributed by atoms with E-state index < -0.39 is 5.97 Å². The van der Waals surface area contributed by atoms with Crippen LogP contribution in [0.1, 0.15) is 10.5 Å². The molecule has 1 aromatic carbocycles. The SMILES string of the molecule is O=C(O)c1cc2cc(O)ccc2cn1. The number of carboxylic acids is 1. The number of carboxylic acid groups (broad SMARTS) is 1. The van der Waals surface area contributed by atoms with Crippen LogP contribution in [0.5, 0.6) is 5.75 Å². The van der Waals surface area contributed by atoms with Crippen molar-refractivity contribution in [3.63, 3.8) is 0 Å². The van der Waals surface area contributed by atoms with Crippen LogP contribution < -0.4 is 0 Å². The number of benzene rings is 1. The summed E-state index contributed by atoms with van der Waals surface area (Å²) in [4.78, 5) is 14.4. The number of rotatable bonds is 1. The highest BCUT2D eigenvalue weighted by atomic mass is 16.4. The number of phenols is 1. The van der Waals surface area contributed by atoms with E-state index in [0.29, 0.717) is 5.39 Å². The third-order valence-corrected chi connectivity index (χ3v) is 1.92. The molecular weight excluding hydrogens is 182 g/mol. The van der Waals surface area contributed by atoms with E-state index in [2.05, 4.69) is 4.98 Å². The monoisotopic (exact) mass is 189 g/mol. The molecule has 0 fully saturated rings. The van der Waals surface area contributed by atoms with Gasteiger partial charge in [0.2, 0.25) is 0 Å². The van der Waals surface area contributed by atoms with Gasteiger partial charge in [-0.25, -0.2) is 9.78 Å². The summed E-state index contributed by atoms with van der Waals surface area (Å²) in [6, 6.07) is 6.15. The van der Waals surface area contributed by atoms with Gasteiger partial charge in [0.15, 0.2) is 0 Å². The molecule has 4 heteroatoms. The first-order chi connectivity index (χ1) is 6.66. The van der Waals surface area contributed by atoms with Gasteiger partial charge in [0.05, 0.1) is 0 Å². The normalized spacial score (nSPS) is 10.3. The first-order valence-corrected chi connectivity index (χ1v) is 3.99. The Morgan fingerprint density at radius 2 is 2.00 bits per heavy atom. The zero-order chi connectivity index (χ0) is 10.1. The summed E-state index contributed by atoms with van der Waals surface area (Å²) in [6.07, 6.45) is 1.47. The molecule has 2 N–H and O–H groups in total. The van der Waals surface area contributed by atoms with Crippen LogP contribution in [-0.4, -0.2) is 21.2 Å². The zero-order valence-corrected chi connectivity index (χ0v) is 7.14. The number of pyridine rings is 1. The number of hydrogen-bond acceptors (Lipinski definition) is 3. The molecule has 1 aromatic heterocycles. The predicted octanol–water partition coefficient (Wildman–Crippen LogP) is 1.64. The molecule has 70 valence electrons. The minimum absolute atomic E-state index is 0.0249. The van der Waals surface area contributed by atoms with E-state index in [1.165, 1.54) is 24.4 Å². The lowest BCUT2D eigenvalue weighted by atomic mass is 10.1. The van der Waals surface area contributed by atoms with Crippen molar-refractivity contribution >= 4 is 16.7 Å². The number of hydrogen-bond donors (Lipinski definition) is 2. The van der Waals surface area contributed by atoms with E-state index in [4.69, 9.17) is 5.11 Å². The number of fused-ring (bicyclic) bond motifs is 1. The fraction of sp³-hybridized carbons (Fsp3) is 0. The molecule has 0 atom stereocenters. The molecule has 14 heavy (non-hydrogen) atoms. The van der Waals surface area contributed by atoms with Crippen molar-refractivity contribution in [1.29, 1.82) is 0 Å². The second kappa shape index (κ2) is 2.99. The molecule has 0 unspecified atom stereocenters. The quantitative estimate of drug-likeness (QED) is 0.715. The van der Waals surface area contributed by atoms with Crippen LogP contribution in [0.3, 0.4) is 0 Å². The Labute approximate surface area is 79.4 Å². The number of phenolic OH excluding ortho intramolecular Hbond substituents is 1. The van der Waals surface area contributed by atoms with Crippen molar-refractivity contribution < 1.29 is 15.0 Å². The third-order valence-electron chi connectivity index (χ3n) is 1.92. The van der Waals surface area contributed by atoms with Crippen molar-refractivity contribution in [1.82, 2.24) is 4.98 Å². The van der Waals surface area contributed by atoms with Crippen molar-refractivity contribution in [3.8, 4) is 5.75 Å². The Hall–Kier alpha value is -2.10. The number of aromatic nitrogens is 1. The molecule has 2 rings (SSSR count). The molecular formula is C10H7NO3. The largest absolute Gasteiger partial charge is 0.508 e. The Morgan fingerprint density at radius 1 is 1.21 bits per heavy atom. The molecule has 2 aromatic rings. The molecule has 0 saturated heterocycles. The topological polar surface area (TPSA) is 70.4 Å². The van der Waals surface area contributed by atoms with Crippen LogP contribution in [0.4, 0.5) is 0 Å². The highest BCUT2D eigenvalue weighted by molar-refractivity contribution is 5.92. The number of nitrogens with zero attached hydrogens (tertiary/aromatic N) is 1. The maximum atomic E-state index is 10.6. The average Bonchev–Trinajstić information content (AvgIpc) is 2.16. The van der Waals surface area contributed by atoms with Crippen LogP contribution >= 0.6 is 0 Å². The van der Waals surface area contributed by atoms with Gasteiger partial charge in [-0.2, -0.15) is 0 Å². The molecule has 0 amide bonds. The first kappa shape index (κ1) is 8.50. The Kier molecular flexibility index (Phi) is 1.81. The van der Waals surface area contributed by atoms with Crippen LogP contribution in [0.15, 0.2) is 30.5 Å². The van der Waals surface area contributed by atoms with Gasteiger partial charge in [-0.05, 0) is 29.7 Å². The van der Waals surface area contributed by atoms with E-state index in [1.807, 2.05) is 0 Å². The molecule has 0 saturated carbocycles. The molecule has 0 bridgehead atoms. The zero-order valence-electron chi connectivity index (χ0n) is 7.14. The lowest BCUT2D eigenvalue weighted by molar-refractivity contribution is 0.0690. The number of carbonyl (C=O) groups is 1. The van der Waals surface area contributed by atoms with Gasteiger partial charge in [-0.3, -0.25) is 0 Å². The van der Waals surface area contributed by atoms with Crippen molar-refractivity contribution in [3.05, 3.63) is 36.2 Å². The average molecular weight is 189 g/mol. The highest BCUT2D eigenvalue weighted by Gasteiger charge is 2.05. The van der Waals surface area contributed by atoms with Crippen LogP contribution in [0.25, 0.3) is 10.8 Å². The van der Waals surface area contributed by atoms with E-state index in [0.717, 1.165) is 5.39 Å². The van der Waals surface area contributed by atoms with Crippen molar-refractivity contribution in [2.24, 2.45) is 0 Å². The summed E-state index contributed by atoms with van der Waals surface area (Å²) in [6.45, 7) is 0. The minimum Gasteiger partial charge on any atom is -0.508 e. The molecule has 0 aliphatic heterocycles. The van der Waals surface area contributed by atoms with Gasteiger partial charge in [0, 0.05) is 11.6 Å². The third kappa shape index (κ3) is 1.37. The minimum atomic E-state index is -1.07. The second-order valence-electron chi connectivity index (χ2n) is 2.91. The Bertz CT molecular complexity index is 508. The summed E-state index contributed by atoms with van der Waals surface area (Å²) in [5.74, 6) is -0.963. The van der Waals surface area contributed by atoms with E-state index in [1.54, 1.807) is 6.07 Å². The van der Waals surface area contributed by atoms with Gasteiger partial charge in [-0.15, -0.1) is 0 Å². The van der Waals surface area contributed by atoms with Crippen molar-refractivity contribution in [2.45, 2.75) is 0 Å². The summed E-state index contributed by atoms with van der Waals surface area (Å²) < 4.78 is 0. The molecule has 0 spiro atoms. The summed E-state index contributed by atoms with van der Waals surface area (Å²) in [5, 5.41) is 19.3. The fourth-order valence-corrected chi connectivity index (χ4v) is 1.25. The smallest absolute Gasteiger partial charge is 0.354 e. The van der Waals surface area contributed by atoms with E-state index in [-0.39, 0.29) is 11.4 Å². The molecule has 1 heterocycles.